The summed E-state index contributed by atoms with van der Waals surface area (Å²) in [4.78, 5) is 11.9. The van der Waals surface area contributed by atoms with Crippen molar-refractivity contribution in [3.05, 3.63) is 28.8 Å². The highest BCUT2D eigenvalue weighted by Gasteiger charge is 2.12. The van der Waals surface area contributed by atoms with E-state index in [4.69, 9.17) is 16.3 Å². The van der Waals surface area contributed by atoms with Crippen LogP contribution in [0, 0.1) is 5.92 Å². The van der Waals surface area contributed by atoms with Crippen molar-refractivity contribution in [3.8, 4) is 5.75 Å². The van der Waals surface area contributed by atoms with Crippen LogP contribution in [0.5, 0.6) is 5.75 Å². The maximum absolute atomic E-state index is 11.9. The summed E-state index contributed by atoms with van der Waals surface area (Å²) in [5.41, 5.74) is 0.618. The van der Waals surface area contributed by atoms with E-state index in [1.54, 1.807) is 25.3 Å². The van der Waals surface area contributed by atoms with Gasteiger partial charge in [0.05, 0.1) is 12.7 Å². The minimum absolute atomic E-state index is 0.113. The first-order valence-electron chi connectivity index (χ1n) is 5.41. The Bertz CT molecular complexity index is 372. The highest BCUT2D eigenvalue weighted by molar-refractivity contribution is 6.30. The Kier molecular flexibility index (Phi) is 4.81. The van der Waals surface area contributed by atoms with Crippen molar-refractivity contribution in [3.63, 3.8) is 0 Å². The molecule has 0 N–H and O–H groups in total. The lowest BCUT2D eigenvalue weighted by molar-refractivity contribution is 0.0972. The molecule has 1 rings (SSSR count). The molecule has 0 unspecified atom stereocenters. The monoisotopic (exact) mass is 240 g/mol. The van der Waals surface area contributed by atoms with Gasteiger partial charge in [-0.1, -0.05) is 25.4 Å². The maximum Gasteiger partial charge on any atom is 0.166 e. The smallest absolute Gasteiger partial charge is 0.166 e. The first kappa shape index (κ1) is 13.0. The SMILES string of the molecule is COc1cc(Cl)ccc1C(=O)CCC(C)C. The molecule has 88 valence electrons. The largest absolute Gasteiger partial charge is 0.496 e. The van der Waals surface area contributed by atoms with E-state index in [0.29, 0.717) is 28.7 Å². The van der Waals surface area contributed by atoms with Gasteiger partial charge in [-0.3, -0.25) is 4.79 Å². The molecule has 0 heterocycles. The Labute approximate surface area is 102 Å². The molecule has 3 heteroatoms. The average molecular weight is 241 g/mol. The number of hydrogen-bond acceptors (Lipinski definition) is 2. The predicted molar refractivity (Wildman–Crippen MR) is 66.4 cm³/mol. The van der Waals surface area contributed by atoms with Crippen LogP contribution < -0.4 is 4.74 Å². The molecule has 0 radical (unpaired) electrons. The van der Waals surface area contributed by atoms with E-state index in [-0.39, 0.29) is 5.78 Å². The van der Waals surface area contributed by atoms with Crippen molar-refractivity contribution in [1.82, 2.24) is 0 Å². The van der Waals surface area contributed by atoms with Crippen LogP contribution in [0.1, 0.15) is 37.0 Å². The van der Waals surface area contributed by atoms with Gasteiger partial charge in [0.1, 0.15) is 5.75 Å². The van der Waals surface area contributed by atoms with Crippen molar-refractivity contribution >= 4 is 17.4 Å². The molecule has 0 fully saturated rings. The molecule has 0 atom stereocenters. The van der Waals surface area contributed by atoms with Crippen LogP contribution in [-0.2, 0) is 0 Å². The van der Waals surface area contributed by atoms with Gasteiger partial charge in [-0.2, -0.15) is 0 Å². The highest BCUT2D eigenvalue weighted by Crippen LogP contribution is 2.25. The van der Waals surface area contributed by atoms with Crippen molar-refractivity contribution in [2.24, 2.45) is 5.92 Å². The lowest BCUT2D eigenvalue weighted by atomic mass is 10.0. The van der Waals surface area contributed by atoms with Crippen molar-refractivity contribution in [2.45, 2.75) is 26.7 Å². The molecule has 0 bridgehead atoms. The van der Waals surface area contributed by atoms with Gasteiger partial charge in [-0.15, -0.1) is 0 Å². The second-order valence-corrected chi connectivity index (χ2v) is 4.64. The summed E-state index contributed by atoms with van der Waals surface area (Å²) in [6.07, 6.45) is 1.44. The summed E-state index contributed by atoms with van der Waals surface area (Å²) < 4.78 is 5.15. The normalized spacial score (nSPS) is 10.6. The van der Waals surface area contributed by atoms with Crippen LogP contribution in [0.4, 0.5) is 0 Å². The number of carbonyl (C=O) groups excluding carboxylic acids is 1. The van der Waals surface area contributed by atoms with Gasteiger partial charge < -0.3 is 4.74 Å². The second kappa shape index (κ2) is 5.90. The van der Waals surface area contributed by atoms with Gasteiger partial charge in [0, 0.05) is 11.4 Å². The van der Waals surface area contributed by atoms with E-state index < -0.39 is 0 Å². The van der Waals surface area contributed by atoms with Crippen LogP contribution in [0.15, 0.2) is 18.2 Å². The van der Waals surface area contributed by atoms with Gasteiger partial charge in [-0.25, -0.2) is 0 Å². The Hall–Kier alpha value is -1.02. The summed E-state index contributed by atoms with van der Waals surface area (Å²) in [5.74, 6) is 1.20. The Morgan fingerprint density at radius 1 is 1.44 bits per heavy atom. The zero-order chi connectivity index (χ0) is 12.1. The number of methoxy groups -OCH3 is 1. The maximum atomic E-state index is 11.9. The molecular weight excluding hydrogens is 224 g/mol. The molecule has 1 aromatic rings. The van der Waals surface area contributed by atoms with Crippen molar-refractivity contribution in [1.29, 1.82) is 0 Å². The lowest BCUT2D eigenvalue weighted by Gasteiger charge is -2.08. The zero-order valence-electron chi connectivity index (χ0n) is 9.92. The fourth-order valence-electron chi connectivity index (χ4n) is 1.45. The third kappa shape index (κ3) is 3.53. The predicted octanol–water partition coefficient (Wildman–Crippen LogP) is 3.97. The molecule has 2 nitrogen and oxygen atoms in total. The van der Waals surface area contributed by atoms with Gasteiger partial charge in [-0.05, 0) is 30.5 Å². The van der Waals surface area contributed by atoms with E-state index in [0.717, 1.165) is 6.42 Å². The molecule has 0 saturated carbocycles. The number of ether oxygens (including phenoxy) is 1. The molecule has 0 aromatic heterocycles. The summed E-state index contributed by atoms with van der Waals surface area (Å²) in [7, 11) is 1.55. The third-order valence-electron chi connectivity index (χ3n) is 2.41. The average Bonchev–Trinajstić information content (AvgIpc) is 2.25. The lowest BCUT2D eigenvalue weighted by Crippen LogP contribution is -2.03. The summed E-state index contributed by atoms with van der Waals surface area (Å²) in [6.45, 7) is 4.21. The summed E-state index contributed by atoms with van der Waals surface area (Å²) >= 11 is 5.84. The molecule has 1 aromatic carbocycles. The van der Waals surface area contributed by atoms with Crippen LogP contribution in [0.3, 0.4) is 0 Å². The van der Waals surface area contributed by atoms with E-state index in [2.05, 4.69) is 13.8 Å². The first-order chi connectivity index (χ1) is 7.54. The van der Waals surface area contributed by atoms with Gasteiger partial charge in [0.25, 0.3) is 0 Å². The van der Waals surface area contributed by atoms with E-state index in [9.17, 15) is 4.79 Å². The molecule has 0 amide bonds. The number of benzene rings is 1. The fraction of sp³-hybridized carbons (Fsp3) is 0.462. The number of ketones is 1. The van der Waals surface area contributed by atoms with Crippen LogP contribution in [0.25, 0.3) is 0 Å². The summed E-state index contributed by atoms with van der Waals surface area (Å²) in [6, 6.07) is 5.11. The van der Waals surface area contributed by atoms with Gasteiger partial charge in [0.15, 0.2) is 5.78 Å². The molecule has 0 spiro atoms. The number of Topliss-reactive ketones (excluding diaryl/α,β-unsaturated/α-hetero) is 1. The fourth-order valence-corrected chi connectivity index (χ4v) is 1.61. The number of carbonyl (C=O) groups is 1. The molecule has 0 aliphatic heterocycles. The number of hydrogen-bond donors (Lipinski definition) is 0. The number of rotatable bonds is 5. The molecule has 0 aliphatic rings. The standard InChI is InChI=1S/C13H17ClO2/c1-9(2)4-7-12(15)11-6-5-10(14)8-13(11)16-3/h5-6,8-9H,4,7H2,1-3H3. The first-order valence-corrected chi connectivity index (χ1v) is 5.79. The third-order valence-corrected chi connectivity index (χ3v) is 2.65. The van der Waals surface area contributed by atoms with E-state index >= 15 is 0 Å². The van der Waals surface area contributed by atoms with Crippen molar-refractivity contribution in [2.75, 3.05) is 7.11 Å². The quantitative estimate of drug-likeness (QED) is 0.728. The molecular formula is C13H17ClO2. The van der Waals surface area contributed by atoms with Crippen molar-refractivity contribution < 1.29 is 9.53 Å². The molecule has 16 heavy (non-hydrogen) atoms. The topological polar surface area (TPSA) is 26.3 Å². The van der Waals surface area contributed by atoms with E-state index in [1.807, 2.05) is 0 Å². The Morgan fingerprint density at radius 3 is 2.69 bits per heavy atom. The molecule has 0 aliphatic carbocycles. The van der Waals surface area contributed by atoms with Crippen LogP contribution >= 0.6 is 11.6 Å². The molecule has 0 saturated heterocycles. The highest BCUT2D eigenvalue weighted by atomic mass is 35.5. The van der Waals surface area contributed by atoms with E-state index in [1.165, 1.54) is 0 Å². The van der Waals surface area contributed by atoms with Crippen LogP contribution in [0.2, 0.25) is 5.02 Å². The zero-order valence-corrected chi connectivity index (χ0v) is 10.7. The van der Waals surface area contributed by atoms with Crippen LogP contribution in [-0.4, -0.2) is 12.9 Å². The minimum Gasteiger partial charge on any atom is -0.496 e. The summed E-state index contributed by atoms with van der Waals surface area (Å²) in [5, 5.41) is 0.581. The second-order valence-electron chi connectivity index (χ2n) is 4.20. The van der Waals surface area contributed by atoms with Gasteiger partial charge in [0.2, 0.25) is 0 Å². The van der Waals surface area contributed by atoms with Gasteiger partial charge >= 0.3 is 0 Å². The Balaban J connectivity index is 2.82. The minimum atomic E-state index is 0.113. The Morgan fingerprint density at radius 2 is 2.12 bits per heavy atom. The number of halogens is 1.